The molecule has 5 aromatic carbocycles. The molecule has 0 aliphatic carbocycles. The molecule has 0 bridgehead atoms. The van der Waals surface area contributed by atoms with Crippen molar-refractivity contribution in [3.63, 3.8) is 0 Å². The van der Waals surface area contributed by atoms with E-state index in [1.165, 1.54) is 36.4 Å². The molecule has 2 heterocycles. The van der Waals surface area contributed by atoms with Gasteiger partial charge in [0, 0.05) is 11.3 Å². The Morgan fingerprint density at radius 1 is 0.556 bits per heavy atom. The summed E-state index contributed by atoms with van der Waals surface area (Å²) >= 11 is 0. The largest absolute Gasteiger partial charge is 0.457 e. The molecule has 14 heteroatoms. The Morgan fingerprint density at radius 2 is 1.09 bits per heavy atom. The minimum atomic E-state index is -1.01. The van der Waals surface area contributed by atoms with Crippen molar-refractivity contribution < 1.29 is 62.0 Å². The molecule has 0 unspecified atom stereocenters. The van der Waals surface area contributed by atoms with Gasteiger partial charge in [-0.2, -0.15) is 0 Å². The second kappa shape index (κ2) is 14.1. The average molecular weight is 726 g/mol. The van der Waals surface area contributed by atoms with Crippen molar-refractivity contribution in [2.45, 2.75) is 13.5 Å². The van der Waals surface area contributed by atoms with Crippen LogP contribution in [-0.4, -0.2) is 47.7 Å². The zero-order valence-corrected chi connectivity index (χ0v) is 27.8. The molecule has 1 N–H and O–H groups in total. The number of ether oxygens (including phenoxy) is 5. The monoisotopic (exact) mass is 725 g/mol. The first-order valence-electron chi connectivity index (χ1n) is 16.0. The molecular formula is C40H23NO13. The van der Waals surface area contributed by atoms with E-state index in [9.17, 15) is 38.4 Å². The number of fused-ring (bicyclic) bond motifs is 2. The summed E-state index contributed by atoms with van der Waals surface area (Å²) in [4.78, 5) is 100. The van der Waals surface area contributed by atoms with Gasteiger partial charge in [0.2, 0.25) is 0 Å². The summed E-state index contributed by atoms with van der Waals surface area (Å²) in [6.07, 6.45) is 0. The smallest absolute Gasteiger partial charge is 0.346 e. The van der Waals surface area contributed by atoms with Crippen LogP contribution in [0.15, 0.2) is 103 Å². The van der Waals surface area contributed by atoms with Crippen LogP contribution in [0.25, 0.3) is 0 Å². The van der Waals surface area contributed by atoms with Gasteiger partial charge in [0.1, 0.15) is 23.7 Å². The van der Waals surface area contributed by atoms with Gasteiger partial charge in [-0.25, -0.2) is 33.6 Å². The van der Waals surface area contributed by atoms with Crippen molar-refractivity contribution in [2.75, 3.05) is 5.32 Å². The lowest BCUT2D eigenvalue weighted by Crippen LogP contribution is -2.15. The number of cyclic esters (lactones) is 4. The molecule has 266 valence electrons. The van der Waals surface area contributed by atoms with Gasteiger partial charge in [-0.15, -0.1) is 0 Å². The maximum absolute atomic E-state index is 13.5. The van der Waals surface area contributed by atoms with E-state index >= 15 is 0 Å². The van der Waals surface area contributed by atoms with E-state index in [4.69, 9.17) is 14.2 Å². The topological polar surface area (TPSA) is 195 Å². The van der Waals surface area contributed by atoms with Crippen LogP contribution in [0.2, 0.25) is 0 Å². The Bertz CT molecular complexity index is 2470. The Hall–Kier alpha value is -7.74. The van der Waals surface area contributed by atoms with Crippen molar-refractivity contribution in [3.05, 3.63) is 159 Å². The molecule has 0 spiro atoms. The van der Waals surface area contributed by atoms with Crippen LogP contribution in [0.1, 0.15) is 94.0 Å². The lowest BCUT2D eigenvalue weighted by atomic mass is 10.1. The highest BCUT2D eigenvalue weighted by molar-refractivity contribution is 6.16. The normalized spacial score (nSPS) is 12.6. The van der Waals surface area contributed by atoms with Crippen LogP contribution >= 0.6 is 0 Å². The lowest BCUT2D eigenvalue weighted by Gasteiger charge is -2.13. The second-order valence-corrected chi connectivity index (χ2v) is 11.9. The first-order chi connectivity index (χ1) is 25.9. The van der Waals surface area contributed by atoms with Crippen LogP contribution in [-0.2, 0) is 20.8 Å². The number of aryl methyl sites for hydroxylation is 1. The van der Waals surface area contributed by atoms with E-state index in [-0.39, 0.29) is 63.0 Å². The van der Waals surface area contributed by atoms with Gasteiger partial charge in [-0.3, -0.25) is 4.79 Å². The number of anilines is 1. The predicted molar refractivity (Wildman–Crippen MR) is 183 cm³/mol. The zero-order chi connectivity index (χ0) is 38.1. The Kier molecular flexibility index (Phi) is 9.07. The second-order valence-electron chi connectivity index (χ2n) is 11.9. The van der Waals surface area contributed by atoms with Gasteiger partial charge in [0.05, 0.1) is 33.4 Å². The molecular weight excluding hydrogens is 702 g/mol. The summed E-state index contributed by atoms with van der Waals surface area (Å²) in [7, 11) is 0. The van der Waals surface area contributed by atoms with E-state index in [2.05, 4.69) is 14.8 Å². The summed E-state index contributed by atoms with van der Waals surface area (Å²) in [5.41, 5.74) is 1.62. The van der Waals surface area contributed by atoms with Crippen molar-refractivity contribution in [1.29, 1.82) is 0 Å². The third kappa shape index (κ3) is 7.07. The molecule has 0 aromatic heterocycles. The fraction of sp³-hybridized carbons (Fsp3) is 0.0500. The Balaban J connectivity index is 1.10. The minimum Gasteiger partial charge on any atom is -0.457 e. The standard InChI is InChI=1S/C40H23NO13/c1-20-2-10-25(11-3-20)41-33(42)22-6-4-21(5-7-22)19-50-36(45)31-18-26(51-34(43)23-8-13-27-29(16-23)39(48)53-37(27)46)12-15-32(31)52-35(44)24-9-14-28-30(17-24)40(49)54-38(28)47/h2-18H,19H2,1H3,(H,41,42). The first-order valence-corrected chi connectivity index (χ1v) is 16.0. The summed E-state index contributed by atoms with van der Waals surface area (Å²) in [6, 6.07) is 24.2. The molecule has 0 saturated heterocycles. The fourth-order valence-corrected chi connectivity index (χ4v) is 5.39. The number of benzene rings is 5. The molecule has 0 saturated carbocycles. The SMILES string of the molecule is Cc1ccc(NC(=O)c2ccc(COC(=O)c3cc(OC(=O)c4ccc5c(c4)C(=O)OC5=O)ccc3OC(=O)c3ccc4c(c3)C(=O)OC4=O)cc2)cc1. The van der Waals surface area contributed by atoms with Crippen molar-refractivity contribution in [1.82, 2.24) is 0 Å². The molecule has 54 heavy (non-hydrogen) atoms. The molecule has 7 rings (SSSR count). The van der Waals surface area contributed by atoms with Gasteiger partial charge >= 0.3 is 41.8 Å². The average Bonchev–Trinajstić information content (AvgIpc) is 3.63. The molecule has 5 aromatic rings. The lowest BCUT2D eigenvalue weighted by molar-refractivity contribution is 0.0425. The third-order valence-electron chi connectivity index (χ3n) is 8.24. The molecule has 0 fully saturated rings. The van der Waals surface area contributed by atoms with Crippen molar-refractivity contribution in [2.24, 2.45) is 0 Å². The van der Waals surface area contributed by atoms with Crippen LogP contribution in [0.3, 0.4) is 0 Å². The van der Waals surface area contributed by atoms with Crippen LogP contribution in [0.4, 0.5) is 5.69 Å². The zero-order valence-electron chi connectivity index (χ0n) is 27.8. The van der Waals surface area contributed by atoms with Crippen molar-refractivity contribution >= 4 is 53.4 Å². The number of nitrogens with one attached hydrogen (secondary N) is 1. The fourth-order valence-electron chi connectivity index (χ4n) is 5.39. The van der Waals surface area contributed by atoms with Gasteiger partial charge in [0.15, 0.2) is 0 Å². The first kappa shape index (κ1) is 34.7. The molecule has 14 nitrogen and oxygen atoms in total. The molecule has 0 atom stereocenters. The molecule has 1 amide bonds. The van der Waals surface area contributed by atoms with Gasteiger partial charge in [-0.05, 0) is 91.3 Å². The number of hydrogen-bond acceptors (Lipinski definition) is 13. The number of rotatable bonds is 9. The van der Waals surface area contributed by atoms with Crippen LogP contribution in [0.5, 0.6) is 11.5 Å². The number of carbonyl (C=O) groups is 8. The molecule has 2 aliphatic heterocycles. The van der Waals surface area contributed by atoms with E-state index < -0.39 is 41.8 Å². The molecule has 2 aliphatic rings. The maximum Gasteiger partial charge on any atom is 0.346 e. The third-order valence-corrected chi connectivity index (χ3v) is 8.24. The summed E-state index contributed by atoms with van der Waals surface area (Å²) in [6.45, 7) is 1.65. The Labute approximate surface area is 304 Å². The number of amides is 1. The summed E-state index contributed by atoms with van der Waals surface area (Å²) in [5.74, 6) is -7.39. The van der Waals surface area contributed by atoms with E-state index in [0.29, 0.717) is 16.8 Å². The minimum absolute atomic E-state index is 0.0141. The number of hydrogen-bond donors (Lipinski definition) is 1. The molecule has 0 radical (unpaired) electrons. The predicted octanol–water partition coefficient (Wildman–Crippen LogP) is 5.66. The quantitative estimate of drug-likeness (QED) is 0.0847. The van der Waals surface area contributed by atoms with E-state index in [1.807, 2.05) is 19.1 Å². The van der Waals surface area contributed by atoms with Gasteiger partial charge in [0.25, 0.3) is 5.91 Å². The summed E-state index contributed by atoms with van der Waals surface area (Å²) in [5, 5.41) is 2.80. The van der Waals surface area contributed by atoms with Gasteiger partial charge in [-0.1, -0.05) is 29.8 Å². The summed E-state index contributed by atoms with van der Waals surface area (Å²) < 4.78 is 25.5. The van der Waals surface area contributed by atoms with E-state index in [1.54, 1.807) is 36.4 Å². The van der Waals surface area contributed by atoms with Crippen LogP contribution < -0.4 is 14.8 Å². The number of carbonyl (C=O) groups excluding carboxylic acids is 8. The Morgan fingerprint density at radius 3 is 1.69 bits per heavy atom. The van der Waals surface area contributed by atoms with Gasteiger partial charge < -0.3 is 29.0 Å². The highest BCUT2D eigenvalue weighted by Gasteiger charge is 2.32. The maximum atomic E-state index is 13.5. The van der Waals surface area contributed by atoms with E-state index in [0.717, 1.165) is 23.8 Å². The number of esters is 7. The van der Waals surface area contributed by atoms with Crippen LogP contribution in [0, 0.1) is 6.92 Å². The highest BCUT2D eigenvalue weighted by atomic mass is 16.6. The van der Waals surface area contributed by atoms with Crippen molar-refractivity contribution in [3.8, 4) is 11.5 Å². The highest BCUT2D eigenvalue weighted by Crippen LogP contribution is 2.29.